The van der Waals surface area contributed by atoms with E-state index >= 15 is 0 Å². The van der Waals surface area contributed by atoms with Gasteiger partial charge in [0, 0.05) is 28.9 Å². The lowest BCUT2D eigenvalue weighted by molar-refractivity contribution is -0.122. The smallest absolute Gasteiger partial charge is 0.229 e. The quantitative estimate of drug-likeness (QED) is 0.626. The molecule has 0 aromatic heterocycles. The van der Waals surface area contributed by atoms with Crippen LogP contribution in [0, 0.1) is 5.92 Å². The molecule has 1 amide bonds. The highest BCUT2D eigenvalue weighted by atomic mass is 32.2. The Balaban J connectivity index is 3.75. The number of nitrogens with two attached hydrogens (primary N) is 1. The van der Waals surface area contributed by atoms with Gasteiger partial charge >= 0.3 is 0 Å². The summed E-state index contributed by atoms with van der Waals surface area (Å²) in [4.78, 5) is 11.5. The second kappa shape index (κ2) is 6.89. The number of hydrogen-bond acceptors (Lipinski definition) is 3. The molecule has 0 saturated heterocycles. The van der Waals surface area contributed by atoms with Crippen LogP contribution in [0.3, 0.4) is 0 Å². The van der Waals surface area contributed by atoms with Gasteiger partial charge in [0.05, 0.1) is 10.9 Å². The van der Waals surface area contributed by atoms with E-state index in [1.165, 1.54) is 0 Å². The summed E-state index contributed by atoms with van der Waals surface area (Å²) in [6.07, 6.45) is 0. The summed E-state index contributed by atoms with van der Waals surface area (Å²) in [6.45, 7) is 3.90. The van der Waals surface area contributed by atoms with Crippen molar-refractivity contribution in [3.63, 3.8) is 0 Å². The first-order chi connectivity index (χ1) is 6.49. The van der Waals surface area contributed by atoms with E-state index in [1.807, 2.05) is 6.92 Å². The lowest BCUT2D eigenvalue weighted by Gasteiger charge is -2.09. The summed E-state index contributed by atoms with van der Waals surface area (Å²) in [5.74, 6) is 0.429. The molecule has 0 aliphatic heterocycles. The van der Waals surface area contributed by atoms with Crippen molar-refractivity contribution in [2.45, 2.75) is 13.8 Å². The molecule has 0 spiro atoms. The lowest BCUT2D eigenvalue weighted by atomic mass is 10.2. The van der Waals surface area contributed by atoms with Crippen LogP contribution in [-0.2, 0) is 15.6 Å². The number of carbonyl (C=O) groups is 1. The van der Waals surface area contributed by atoms with E-state index in [1.54, 1.807) is 6.92 Å². The van der Waals surface area contributed by atoms with Crippen molar-refractivity contribution in [2.24, 2.45) is 11.7 Å². The van der Waals surface area contributed by atoms with Crippen LogP contribution in [0.4, 0.5) is 0 Å². The van der Waals surface area contributed by atoms with Crippen molar-refractivity contribution in [3.8, 4) is 0 Å². The predicted molar refractivity (Wildman–Crippen MR) is 62.5 cm³/mol. The largest absolute Gasteiger partial charge is 0.393 e. The highest BCUT2D eigenvalue weighted by Gasteiger charge is 2.14. The van der Waals surface area contributed by atoms with E-state index in [-0.39, 0.29) is 10.9 Å². The summed E-state index contributed by atoms with van der Waals surface area (Å²) in [7, 11) is -0.846. The number of nitrogens with one attached hydrogen (secondary N) is 1. The van der Waals surface area contributed by atoms with Gasteiger partial charge < -0.3 is 11.1 Å². The third-order valence-corrected chi connectivity index (χ3v) is 3.43. The standard InChI is InChI=1S/C8H16N2O2S2/c1-3-14(12)5-4-10-8(11)6(2)7(9)13/h6H,3-5H2,1-2H3,(H2,9,13)(H,10,11). The predicted octanol–water partition coefficient (Wildman–Crippen LogP) is -0.207. The van der Waals surface area contributed by atoms with Gasteiger partial charge in [0.25, 0.3) is 0 Å². The fourth-order valence-corrected chi connectivity index (χ4v) is 1.44. The Morgan fingerprint density at radius 3 is 2.64 bits per heavy atom. The van der Waals surface area contributed by atoms with Gasteiger partial charge in [-0.2, -0.15) is 0 Å². The molecule has 2 atom stereocenters. The zero-order valence-corrected chi connectivity index (χ0v) is 10.0. The molecule has 0 bridgehead atoms. The van der Waals surface area contributed by atoms with E-state index in [4.69, 9.17) is 5.73 Å². The zero-order valence-electron chi connectivity index (χ0n) is 8.41. The molecular formula is C8H16N2O2S2. The van der Waals surface area contributed by atoms with E-state index in [9.17, 15) is 9.00 Å². The van der Waals surface area contributed by atoms with Gasteiger partial charge in [-0.3, -0.25) is 9.00 Å². The van der Waals surface area contributed by atoms with Crippen LogP contribution in [0.2, 0.25) is 0 Å². The van der Waals surface area contributed by atoms with Crippen molar-refractivity contribution >= 4 is 33.9 Å². The Morgan fingerprint density at radius 1 is 1.64 bits per heavy atom. The molecule has 6 heteroatoms. The van der Waals surface area contributed by atoms with E-state index in [0.717, 1.165) is 0 Å². The topological polar surface area (TPSA) is 72.2 Å². The van der Waals surface area contributed by atoms with E-state index in [0.29, 0.717) is 18.1 Å². The van der Waals surface area contributed by atoms with Gasteiger partial charge in [-0.25, -0.2) is 0 Å². The first-order valence-electron chi connectivity index (χ1n) is 4.41. The molecule has 0 rings (SSSR count). The van der Waals surface area contributed by atoms with E-state index in [2.05, 4.69) is 17.5 Å². The number of amides is 1. The van der Waals surface area contributed by atoms with Gasteiger partial charge in [0.15, 0.2) is 0 Å². The summed E-state index contributed by atoms with van der Waals surface area (Å²) in [6, 6.07) is 0. The fraction of sp³-hybridized carbons (Fsp3) is 0.750. The maximum Gasteiger partial charge on any atom is 0.229 e. The summed E-state index contributed by atoms with van der Waals surface area (Å²) in [5, 5.41) is 2.63. The average Bonchev–Trinajstić information content (AvgIpc) is 2.15. The highest BCUT2D eigenvalue weighted by molar-refractivity contribution is 7.84. The first-order valence-corrected chi connectivity index (χ1v) is 6.30. The number of thiocarbonyl (C=S) groups is 1. The molecule has 82 valence electrons. The number of carbonyl (C=O) groups excluding carboxylic acids is 1. The maximum absolute atomic E-state index is 11.3. The first kappa shape index (κ1) is 13.5. The number of rotatable bonds is 6. The highest BCUT2D eigenvalue weighted by Crippen LogP contribution is 1.94. The van der Waals surface area contributed by atoms with Crippen LogP contribution < -0.4 is 11.1 Å². The molecule has 0 heterocycles. The molecule has 0 aromatic carbocycles. The van der Waals surface area contributed by atoms with Crippen LogP contribution in [-0.4, -0.2) is 33.2 Å². The van der Waals surface area contributed by atoms with Crippen LogP contribution in [0.15, 0.2) is 0 Å². The minimum Gasteiger partial charge on any atom is -0.393 e. The second-order valence-electron chi connectivity index (χ2n) is 2.85. The number of hydrogen-bond donors (Lipinski definition) is 2. The van der Waals surface area contributed by atoms with Gasteiger partial charge in [0.1, 0.15) is 0 Å². The molecule has 0 aromatic rings. The minimum absolute atomic E-state index is 0.180. The van der Waals surface area contributed by atoms with Crippen molar-refractivity contribution in [1.82, 2.24) is 5.32 Å². The molecule has 0 aliphatic carbocycles. The monoisotopic (exact) mass is 236 g/mol. The van der Waals surface area contributed by atoms with Crippen LogP contribution >= 0.6 is 12.2 Å². The SMILES string of the molecule is CCS(=O)CCNC(=O)C(C)C(N)=S. The third-order valence-electron chi connectivity index (χ3n) is 1.77. The van der Waals surface area contributed by atoms with Gasteiger partial charge in [-0.1, -0.05) is 19.1 Å². The fourth-order valence-electron chi connectivity index (χ4n) is 0.715. The summed E-state index contributed by atoms with van der Waals surface area (Å²) >= 11 is 4.68. The third kappa shape index (κ3) is 5.29. The Bertz CT molecular complexity index is 243. The summed E-state index contributed by atoms with van der Waals surface area (Å²) < 4.78 is 11.0. The molecule has 0 saturated carbocycles. The van der Waals surface area contributed by atoms with Crippen LogP contribution in [0.5, 0.6) is 0 Å². The van der Waals surface area contributed by atoms with Gasteiger partial charge in [-0.05, 0) is 6.92 Å². The molecular weight excluding hydrogens is 220 g/mol. The van der Waals surface area contributed by atoms with Crippen molar-refractivity contribution in [1.29, 1.82) is 0 Å². The molecule has 0 aliphatic rings. The van der Waals surface area contributed by atoms with Crippen molar-refractivity contribution in [3.05, 3.63) is 0 Å². The van der Waals surface area contributed by atoms with Crippen LogP contribution in [0.1, 0.15) is 13.8 Å². The normalized spacial score (nSPS) is 14.4. The Labute approximate surface area is 92.1 Å². The molecule has 14 heavy (non-hydrogen) atoms. The molecule has 2 unspecified atom stereocenters. The zero-order chi connectivity index (χ0) is 11.1. The van der Waals surface area contributed by atoms with Crippen LogP contribution in [0.25, 0.3) is 0 Å². The van der Waals surface area contributed by atoms with Gasteiger partial charge in [0.2, 0.25) is 5.91 Å². The molecule has 0 radical (unpaired) electrons. The van der Waals surface area contributed by atoms with E-state index < -0.39 is 16.7 Å². The van der Waals surface area contributed by atoms with Gasteiger partial charge in [-0.15, -0.1) is 0 Å². The Kier molecular flexibility index (Phi) is 6.65. The summed E-state index contributed by atoms with van der Waals surface area (Å²) in [5.41, 5.74) is 5.31. The van der Waals surface area contributed by atoms with Crippen molar-refractivity contribution in [2.75, 3.05) is 18.1 Å². The Morgan fingerprint density at radius 2 is 2.21 bits per heavy atom. The lowest BCUT2D eigenvalue weighted by Crippen LogP contribution is -2.37. The average molecular weight is 236 g/mol. The minimum atomic E-state index is -0.846. The molecule has 4 nitrogen and oxygen atoms in total. The molecule has 0 fully saturated rings. The second-order valence-corrected chi connectivity index (χ2v) is 5.18. The Hall–Kier alpha value is -0.490. The maximum atomic E-state index is 11.3. The van der Waals surface area contributed by atoms with Crippen molar-refractivity contribution < 1.29 is 9.00 Å². The molecule has 3 N–H and O–H groups in total.